The Morgan fingerprint density at radius 3 is 2.83 bits per heavy atom. The van der Waals surface area contributed by atoms with Crippen molar-refractivity contribution in [1.29, 1.82) is 0 Å². The van der Waals surface area contributed by atoms with E-state index in [1.165, 1.54) is 19.3 Å². The van der Waals surface area contributed by atoms with E-state index in [1.807, 2.05) is 14.0 Å². The molecule has 1 aromatic rings. The molecule has 0 unspecified atom stereocenters. The van der Waals surface area contributed by atoms with Gasteiger partial charge in [-0.25, -0.2) is 4.98 Å². The summed E-state index contributed by atoms with van der Waals surface area (Å²) in [4.78, 5) is 11.1. The highest BCUT2D eigenvalue weighted by Gasteiger charge is 2.15. The molecule has 2 heterocycles. The fourth-order valence-corrected chi connectivity index (χ4v) is 3.37. The number of nitrogens with zero attached hydrogens (tertiary/aromatic N) is 3. The largest absolute Gasteiger partial charge is 0.381 e. The minimum Gasteiger partial charge on any atom is -0.381 e. The van der Waals surface area contributed by atoms with E-state index in [4.69, 9.17) is 4.74 Å². The van der Waals surface area contributed by atoms with Gasteiger partial charge >= 0.3 is 0 Å². The van der Waals surface area contributed by atoms with Gasteiger partial charge in [0.1, 0.15) is 0 Å². The van der Waals surface area contributed by atoms with Crippen LogP contribution >= 0.6 is 35.3 Å². The summed E-state index contributed by atoms with van der Waals surface area (Å²) >= 11 is 1.71. The van der Waals surface area contributed by atoms with Crippen LogP contribution in [0.25, 0.3) is 0 Å². The molecule has 1 aliphatic heterocycles. The van der Waals surface area contributed by atoms with Crippen LogP contribution in [-0.4, -0.2) is 56.2 Å². The summed E-state index contributed by atoms with van der Waals surface area (Å²) in [6.07, 6.45) is 4.55. The zero-order valence-electron chi connectivity index (χ0n) is 14.4. The lowest BCUT2D eigenvalue weighted by molar-refractivity contribution is 0.0625. The van der Waals surface area contributed by atoms with Crippen LogP contribution in [0.2, 0.25) is 0 Å². The highest BCUT2D eigenvalue weighted by Crippen LogP contribution is 2.18. The highest BCUT2D eigenvalue weighted by molar-refractivity contribution is 14.0. The molecule has 1 fully saturated rings. The number of aryl methyl sites for hydroxylation is 1. The van der Waals surface area contributed by atoms with E-state index in [0.717, 1.165) is 55.3 Å². The first-order valence-corrected chi connectivity index (χ1v) is 8.97. The number of ether oxygens (including phenoxy) is 1. The van der Waals surface area contributed by atoms with Crippen molar-refractivity contribution >= 4 is 41.3 Å². The Bertz CT molecular complexity index is 474. The Balaban J connectivity index is 0.00000264. The molecule has 0 aliphatic carbocycles. The summed E-state index contributed by atoms with van der Waals surface area (Å²) < 4.78 is 5.42. The molecular weight excluding hydrogens is 423 g/mol. The lowest BCUT2D eigenvalue weighted by Gasteiger charge is -2.26. The topological polar surface area (TPSA) is 49.8 Å². The molecule has 1 saturated heterocycles. The van der Waals surface area contributed by atoms with Crippen molar-refractivity contribution in [3.8, 4) is 0 Å². The standard InChI is InChI=1S/C16H28N4OS.HI/c1-13-19-15(12-22-13)4-8-18-16(17-2)20(3)9-5-14-6-10-21-11-7-14;/h12,14H,4-11H2,1-3H3,(H,17,18);1H. The van der Waals surface area contributed by atoms with Crippen LogP contribution in [0.3, 0.4) is 0 Å². The van der Waals surface area contributed by atoms with Crippen LogP contribution in [0.4, 0.5) is 0 Å². The summed E-state index contributed by atoms with van der Waals surface area (Å²) in [5, 5.41) is 6.70. The first kappa shape index (κ1) is 20.6. The lowest BCUT2D eigenvalue weighted by Crippen LogP contribution is -2.40. The molecule has 7 heteroatoms. The van der Waals surface area contributed by atoms with Gasteiger partial charge < -0.3 is 15.0 Å². The molecule has 1 N–H and O–H groups in total. The molecule has 2 rings (SSSR count). The summed E-state index contributed by atoms with van der Waals surface area (Å²) in [7, 11) is 3.96. The van der Waals surface area contributed by atoms with Crippen molar-refractivity contribution < 1.29 is 4.74 Å². The minimum atomic E-state index is 0. The van der Waals surface area contributed by atoms with Gasteiger partial charge in [0.15, 0.2) is 5.96 Å². The van der Waals surface area contributed by atoms with Gasteiger partial charge in [-0.3, -0.25) is 4.99 Å². The third kappa shape index (κ3) is 7.34. The van der Waals surface area contributed by atoms with Crippen LogP contribution in [0, 0.1) is 12.8 Å². The van der Waals surface area contributed by atoms with Gasteiger partial charge in [-0.1, -0.05) is 0 Å². The van der Waals surface area contributed by atoms with Gasteiger partial charge in [0, 0.05) is 52.2 Å². The maximum absolute atomic E-state index is 5.42. The van der Waals surface area contributed by atoms with Gasteiger partial charge in [0.2, 0.25) is 0 Å². The molecule has 0 saturated carbocycles. The average molecular weight is 452 g/mol. The molecule has 0 aromatic carbocycles. The molecular formula is C16H29IN4OS. The van der Waals surface area contributed by atoms with Crippen LogP contribution in [0.1, 0.15) is 30.0 Å². The quantitative estimate of drug-likeness (QED) is 0.410. The van der Waals surface area contributed by atoms with Crippen molar-refractivity contribution in [2.24, 2.45) is 10.9 Å². The van der Waals surface area contributed by atoms with Crippen LogP contribution < -0.4 is 5.32 Å². The molecule has 0 spiro atoms. The molecule has 0 atom stereocenters. The molecule has 1 aromatic heterocycles. The number of nitrogens with one attached hydrogen (secondary N) is 1. The maximum atomic E-state index is 5.42. The van der Waals surface area contributed by atoms with E-state index in [9.17, 15) is 0 Å². The first-order chi connectivity index (χ1) is 10.7. The SMILES string of the molecule is CN=C(NCCc1csc(C)n1)N(C)CCC1CCOCC1.I. The number of halogens is 1. The van der Waals surface area contributed by atoms with Crippen molar-refractivity contribution in [3.63, 3.8) is 0 Å². The predicted molar refractivity (Wildman–Crippen MR) is 108 cm³/mol. The van der Waals surface area contributed by atoms with Crippen molar-refractivity contribution in [1.82, 2.24) is 15.2 Å². The molecule has 0 amide bonds. The van der Waals surface area contributed by atoms with Crippen LogP contribution in [0.15, 0.2) is 10.4 Å². The third-order valence-corrected chi connectivity index (χ3v) is 4.94. The Kier molecular flexibility index (Phi) is 10.0. The second-order valence-electron chi connectivity index (χ2n) is 5.85. The minimum absolute atomic E-state index is 0. The summed E-state index contributed by atoms with van der Waals surface area (Å²) in [6, 6.07) is 0. The van der Waals surface area contributed by atoms with E-state index < -0.39 is 0 Å². The zero-order valence-corrected chi connectivity index (χ0v) is 17.5. The number of aromatic nitrogens is 1. The van der Waals surface area contributed by atoms with E-state index in [1.54, 1.807) is 11.3 Å². The number of hydrogen-bond acceptors (Lipinski definition) is 4. The van der Waals surface area contributed by atoms with Gasteiger partial charge in [-0.05, 0) is 32.1 Å². The summed E-state index contributed by atoms with van der Waals surface area (Å²) in [5.74, 6) is 1.77. The smallest absolute Gasteiger partial charge is 0.193 e. The Hall–Kier alpha value is -0.410. The number of rotatable bonds is 6. The number of aliphatic imine (C=N–C) groups is 1. The van der Waals surface area contributed by atoms with Gasteiger partial charge in [0.25, 0.3) is 0 Å². The maximum Gasteiger partial charge on any atom is 0.193 e. The second-order valence-corrected chi connectivity index (χ2v) is 6.91. The van der Waals surface area contributed by atoms with Crippen molar-refractivity contribution in [2.75, 3.05) is 40.4 Å². The number of thiazole rings is 1. The fraction of sp³-hybridized carbons (Fsp3) is 0.750. The van der Waals surface area contributed by atoms with Crippen LogP contribution in [0.5, 0.6) is 0 Å². The van der Waals surface area contributed by atoms with Gasteiger partial charge in [-0.15, -0.1) is 35.3 Å². The van der Waals surface area contributed by atoms with Crippen LogP contribution in [-0.2, 0) is 11.2 Å². The second kappa shape index (κ2) is 11.2. The molecule has 23 heavy (non-hydrogen) atoms. The molecule has 0 bridgehead atoms. The Labute approximate surface area is 160 Å². The zero-order chi connectivity index (χ0) is 15.8. The summed E-state index contributed by atoms with van der Waals surface area (Å²) in [5.41, 5.74) is 1.16. The van der Waals surface area contributed by atoms with E-state index >= 15 is 0 Å². The summed E-state index contributed by atoms with van der Waals surface area (Å²) in [6.45, 7) is 5.81. The van der Waals surface area contributed by atoms with E-state index in [2.05, 4.69) is 32.6 Å². The Morgan fingerprint density at radius 2 is 2.22 bits per heavy atom. The molecule has 1 aliphatic rings. The lowest BCUT2D eigenvalue weighted by atomic mass is 9.96. The fourth-order valence-electron chi connectivity index (χ4n) is 2.73. The van der Waals surface area contributed by atoms with Crippen molar-refractivity contribution in [2.45, 2.75) is 32.6 Å². The highest BCUT2D eigenvalue weighted by atomic mass is 127. The van der Waals surface area contributed by atoms with E-state index in [0.29, 0.717) is 0 Å². The average Bonchev–Trinajstić information content (AvgIpc) is 2.95. The van der Waals surface area contributed by atoms with E-state index in [-0.39, 0.29) is 24.0 Å². The number of guanidine groups is 1. The molecule has 0 radical (unpaired) electrons. The normalized spacial score (nSPS) is 16.0. The molecule has 5 nitrogen and oxygen atoms in total. The van der Waals surface area contributed by atoms with Crippen molar-refractivity contribution in [3.05, 3.63) is 16.1 Å². The van der Waals surface area contributed by atoms with Gasteiger partial charge in [0.05, 0.1) is 10.7 Å². The third-order valence-electron chi connectivity index (χ3n) is 4.12. The van der Waals surface area contributed by atoms with Gasteiger partial charge in [-0.2, -0.15) is 0 Å². The molecule has 132 valence electrons. The monoisotopic (exact) mass is 452 g/mol. The number of hydrogen-bond donors (Lipinski definition) is 1. The Morgan fingerprint density at radius 1 is 1.48 bits per heavy atom. The predicted octanol–water partition coefficient (Wildman–Crippen LogP) is 2.94. The first-order valence-electron chi connectivity index (χ1n) is 8.09.